The number of rotatable bonds is 8. The highest BCUT2D eigenvalue weighted by molar-refractivity contribution is 5.80. The van der Waals surface area contributed by atoms with E-state index in [1.165, 1.54) is 36.0 Å². The van der Waals surface area contributed by atoms with Crippen molar-refractivity contribution in [1.82, 2.24) is 0 Å². The second-order valence-electron chi connectivity index (χ2n) is 8.41. The summed E-state index contributed by atoms with van der Waals surface area (Å²) in [5.74, 6) is -0.935. The second-order valence-corrected chi connectivity index (χ2v) is 8.41. The van der Waals surface area contributed by atoms with E-state index in [0.717, 1.165) is 17.2 Å². The molecule has 0 radical (unpaired) electrons. The predicted octanol–water partition coefficient (Wildman–Crippen LogP) is 7.66. The zero-order chi connectivity index (χ0) is 21.9. The Morgan fingerprint density at radius 3 is 2.00 bits per heavy atom. The lowest BCUT2D eigenvalue weighted by Gasteiger charge is -2.32. The largest absolute Gasteiger partial charge is 0.478 e. The van der Waals surface area contributed by atoms with Crippen LogP contribution in [0.3, 0.4) is 0 Å². The van der Waals surface area contributed by atoms with E-state index in [2.05, 4.69) is 65.0 Å². The summed E-state index contributed by atoms with van der Waals surface area (Å²) in [6.45, 7) is 13.0. The molecule has 0 heterocycles. The van der Waals surface area contributed by atoms with Crippen LogP contribution in [0.1, 0.15) is 60.8 Å². The van der Waals surface area contributed by atoms with E-state index >= 15 is 0 Å². The van der Waals surface area contributed by atoms with Crippen LogP contribution in [-0.4, -0.2) is 11.1 Å². The molecular formula is C27H36O2. The van der Waals surface area contributed by atoms with E-state index in [1.54, 1.807) is 6.08 Å². The molecule has 0 spiro atoms. The lowest BCUT2D eigenvalue weighted by molar-refractivity contribution is -0.131. The first-order chi connectivity index (χ1) is 13.6. The van der Waals surface area contributed by atoms with Crippen LogP contribution in [0.25, 0.3) is 0 Å². The maximum atomic E-state index is 10.5. The molecule has 1 rings (SSSR count). The molecule has 0 saturated heterocycles. The predicted molar refractivity (Wildman–Crippen MR) is 126 cm³/mol. The Balaban J connectivity index is 2.67. The summed E-state index contributed by atoms with van der Waals surface area (Å²) < 4.78 is 0. The van der Waals surface area contributed by atoms with Gasteiger partial charge in [-0.05, 0) is 57.9 Å². The number of carboxylic acids is 1. The van der Waals surface area contributed by atoms with Gasteiger partial charge in [0.2, 0.25) is 0 Å². The van der Waals surface area contributed by atoms with Crippen molar-refractivity contribution in [2.24, 2.45) is 5.41 Å². The fraction of sp³-hybridized carbons (Fsp3) is 0.370. The Bertz CT molecular complexity index is 819. The third kappa shape index (κ3) is 9.94. The molecule has 1 N–H and O–H groups in total. The van der Waals surface area contributed by atoms with Crippen LogP contribution in [0.4, 0.5) is 0 Å². The highest BCUT2D eigenvalue weighted by atomic mass is 16.4. The molecule has 0 saturated carbocycles. The molecule has 2 nitrogen and oxygen atoms in total. The van der Waals surface area contributed by atoms with Gasteiger partial charge in [0.25, 0.3) is 0 Å². The van der Waals surface area contributed by atoms with Crippen LogP contribution < -0.4 is 0 Å². The topological polar surface area (TPSA) is 37.3 Å². The van der Waals surface area contributed by atoms with E-state index in [9.17, 15) is 4.79 Å². The van der Waals surface area contributed by atoms with Gasteiger partial charge >= 0.3 is 5.97 Å². The Morgan fingerprint density at radius 2 is 1.41 bits per heavy atom. The normalized spacial score (nSPS) is 19.4. The van der Waals surface area contributed by atoms with Gasteiger partial charge in [0, 0.05) is 6.08 Å². The van der Waals surface area contributed by atoms with Crippen molar-refractivity contribution in [1.29, 1.82) is 0 Å². The van der Waals surface area contributed by atoms with Crippen LogP contribution in [0.5, 0.6) is 0 Å². The van der Waals surface area contributed by atoms with Gasteiger partial charge in [-0.15, -0.1) is 0 Å². The first-order valence-corrected chi connectivity index (χ1v) is 10.3. The van der Waals surface area contributed by atoms with Crippen molar-refractivity contribution in [2.75, 3.05) is 0 Å². The number of carbonyl (C=O) groups is 1. The van der Waals surface area contributed by atoms with Crippen molar-refractivity contribution in [2.45, 2.75) is 60.8 Å². The van der Waals surface area contributed by atoms with E-state index in [0.29, 0.717) is 0 Å². The average molecular weight is 393 g/mol. The number of carboxylic acid groups (broad SMARTS) is 1. The number of hydrogen-bond acceptors (Lipinski definition) is 1. The van der Waals surface area contributed by atoms with E-state index in [1.807, 2.05) is 31.2 Å². The molecule has 0 atom stereocenters. The minimum absolute atomic E-state index is 0.275. The summed E-state index contributed by atoms with van der Waals surface area (Å²) in [6.07, 6.45) is 25.1. The molecule has 0 aromatic carbocycles. The Hall–Kier alpha value is -2.61. The molecule has 0 unspecified atom stereocenters. The maximum Gasteiger partial charge on any atom is 0.328 e. The minimum atomic E-state index is -0.935. The van der Waals surface area contributed by atoms with Gasteiger partial charge in [-0.2, -0.15) is 0 Å². The van der Waals surface area contributed by atoms with E-state index in [4.69, 9.17) is 5.11 Å². The van der Waals surface area contributed by atoms with E-state index < -0.39 is 5.97 Å². The SMILES string of the molecule is CC(C=CC1=C(C)CCCC1(C)C)=CC=CC(C)=C/C=C/C=C(C)/C=C/C(=O)O. The van der Waals surface area contributed by atoms with Crippen LogP contribution in [0.15, 0.2) is 94.7 Å². The molecule has 0 amide bonds. The fourth-order valence-electron chi connectivity index (χ4n) is 3.36. The summed E-state index contributed by atoms with van der Waals surface area (Å²) in [7, 11) is 0. The van der Waals surface area contributed by atoms with Crippen molar-refractivity contribution in [3.63, 3.8) is 0 Å². The first-order valence-electron chi connectivity index (χ1n) is 10.3. The molecular weight excluding hydrogens is 356 g/mol. The van der Waals surface area contributed by atoms with Crippen LogP contribution in [0.2, 0.25) is 0 Å². The minimum Gasteiger partial charge on any atom is -0.478 e. The van der Waals surface area contributed by atoms with Crippen molar-refractivity contribution in [3.05, 3.63) is 94.7 Å². The average Bonchev–Trinajstić information content (AvgIpc) is 2.62. The van der Waals surface area contributed by atoms with Crippen molar-refractivity contribution < 1.29 is 9.90 Å². The quantitative estimate of drug-likeness (QED) is 0.340. The van der Waals surface area contributed by atoms with Crippen LogP contribution >= 0.6 is 0 Å². The molecule has 0 aliphatic heterocycles. The molecule has 0 aromatic heterocycles. The molecule has 1 aliphatic carbocycles. The number of allylic oxidation sites excluding steroid dienone is 15. The molecule has 29 heavy (non-hydrogen) atoms. The summed E-state index contributed by atoms with van der Waals surface area (Å²) in [6, 6.07) is 0. The summed E-state index contributed by atoms with van der Waals surface area (Å²) >= 11 is 0. The van der Waals surface area contributed by atoms with Gasteiger partial charge in [0.05, 0.1) is 0 Å². The first kappa shape index (κ1) is 24.4. The van der Waals surface area contributed by atoms with Crippen molar-refractivity contribution >= 4 is 5.97 Å². The molecule has 0 bridgehead atoms. The Labute approximate surface area is 177 Å². The van der Waals surface area contributed by atoms with Gasteiger partial charge in [-0.1, -0.05) is 96.9 Å². The van der Waals surface area contributed by atoms with Crippen LogP contribution in [-0.2, 0) is 4.79 Å². The van der Waals surface area contributed by atoms with Crippen LogP contribution in [0, 0.1) is 5.41 Å². The lowest BCUT2D eigenvalue weighted by atomic mass is 9.72. The van der Waals surface area contributed by atoms with Gasteiger partial charge in [-0.25, -0.2) is 4.79 Å². The third-order valence-corrected chi connectivity index (χ3v) is 5.09. The number of aliphatic carboxylic acids is 1. The summed E-state index contributed by atoms with van der Waals surface area (Å²) in [4.78, 5) is 10.5. The Kier molecular flexibility index (Phi) is 10.2. The highest BCUT2D eigenvalue weighted by Crippen LogP contribution is 2.40. The summed E-state index contributed by atoms with van der Waals surface area (Å²) in [5, 5.41) is 8.60. The molecule has 156 valence electrons. The maximum absolute atomic E-state index is 10.5. The zero-order valence-electron chi connectivity index (χ0n) is 18.8. The third-order valence-electron chi connectivity index (χ3n) is 5.09. The monoisotopic (exact) mass is 392 g/mol. The van der Waals surface area contributed by atoms with Gasteiger partial charge < -0.3 is 5.11 Å². The highest BCUT2D eigenvalue weighted by Gasteiger charge is 2.26. The van der Waals surface area contributed by atoms with Gasteiger partial charge in [0.1, 0.15) is 0 Å². The van der Waals surface area contributed by atoms with E-state index in [-0.39, 0.29) is 5.41 Å². The molecule has 2 heteroatoms. The second kappa shape index (κ2) is 12.1. The summed E-state index contributed by atoms with van der Waals surface area (Å²) in [5.41, 5.74) is 6.56. The fourth-order valence-corrected chi connectivity index (χ4v) is 3.36. The molecule has 1 aliphatic rings. The van der Waals surface area contributed by atoms with Gasteiger partial charge in [0.15, 0.2) is 0 Å². The smallest absolute Gasteiger partial charge is 0.328 e. The number of hydrogen-bond donors (Lipinski definition) is 1. The standard InChI is InChI=1S/C27H36O2/c1-21(11-7-8-12-22(2)17-19-26(28)29)13-9-14-23(3)16-18-25-24(4)15-10-20-27(25,5)6/h7-9,11-14,16-19H,10,15,20H2,1-6H3,(H,28,29)/b8-7+,13-9?,18-16?,19-17+,21-11?,22-12+,23-14?. The van der Waals surface area contributed by atoms with Crippen molar-refractivity contribution in [3.8, 4) is 0 Å². The molecule has 0 fully saturated rings. The zero-order valence-corrected chi connectivity index (χ0v) is 18.8. The van der Waals surface area contributed by atoms with Gasteiger partial charge in [-0.3, -0.25) is 0 Å². The Morgan fingerprint density at radius 1 is 0.862 bits per heavy atom. The lowest BCUT2D eigenvalue weighted by Crippen LogP contribution is -2.19. The molecule has 0 aromatic rings.